The first-order valence-corrected chi connectivity index (χ1v) is 15.9. The summed E-state index contributed by atoms with van der Waals surface area (Å²) in [5, 5.41) is 15.7. The van der Waals surface area contributed by atoms with Gasteiger partial charge in [-0.2, -0.15) is 5.10 Å². The molecule has 1 aliphatic rings. The van der Waals surface area contributed by atoms with E-state index in [1.54, 1.807) is 6.92 Å². The first kappa shape index (κ1) is 35.5. The molecule has 0 fully saturated rings. The number of carbonyl (C=O) groups excluding carboxylic acids is 5. The lowest BCUT2D eigenvalue weighted by Gasteiger charge is -2.25. The van der Waals surface area contributed by atoms with Gasteiger partial charge in [-0.15, -0.1) is 0 Å². The number of carbonyl (C=O) groups is 5. The van der Waals surface area contributed by atoms with E-state index in [4.69, 9.17) is 0 Å². The second-order valence-corrected chi connectivity index (χ2v) is 12.3. The van der Waals surface area contributed by atoms with Crippen molar-refractivity contribution in [2.75, 3.05) is 19.6 Å². The lowest BCUT2D eigenvalue weighted by Crippen LogP contribution is -2.54. The Labute approximate surface area is 278 Å². The van der Waals surface area contributed by atoms with Gasteiger partial charge in [0.25, 0.3) is 5.91 Å². The third-order valence-electron chi connectivity index (χ3n) is 7.76. The fourth-order valence-electron chi connectivity index (χ4n) is 5.25. The Kier molecular flexibility index (Phi) is 11.8. The lowest BCUT2D eigenvalue weighted by molar-refractivity contribution is -0.132. The zero-order valence-electron chi connectivity index (χ0n) is 27.9. The van der Waals surface area contributed by atoms with Crippen LogP contribution in [0.25, 0.3) is 11.4 Å². The standard InChI is InChI=1S/C33H43N9O6/c1-20(2)16-25-32(47)36-21(3)30-38-29(23-10-7-6-8-11-23)39-42(30)19-26(43)34-14-9-15-41(18-27(44)35-22(4)31(46)37-25)33(48)24-12-13-28(45)40(5)17-24/h6-8,10-13,17,20-22,25H,9,14-16,18-19H2,1-5H3,(H,34,43)(H,35,44)(H,36,47)(H,37,46)/t21-,22+,25+/m0/s1. The van der Waals surface area contributed by atoms with E-state index in [0.29, 0.717) is 24.5 Å². The molecule has 0 bridgehead atoms. The number of benzene rings is 1. The topological polar surface area (TPSA) is 189 Å². The van der Waals surface area contributed by atoms with Crippen LogP contribution >= 0.6 is 0 Å². The molecular weight excluding hydrogens is 618 g/mol. The smallest absolute Gasteiger partial charge is 0.255 e. The third kappa shape index (κ3) is 9.36. The molecule has 15 heteroatoms. The van der Waals surface area contributed by atoms with Gasteiger partial charge >= 0.3 is 0 Å². The zero-order chi connectivity index (χ0) is 35.0. The van der Waals surface area contributed by atoms with Crippen LogP contribution in [0.5, 0.6) is 0 Å². The van der Waals surface area contributed by atoms with E-state index >= 15 is 0 Å². The number of amides is 5. The Morgan fingerprint density at radius 3 is 2.31 bits per heavy atom. The molecule has 4 rings (SSSR count). The number of rotatable bonds is 4. The largest absolute Gasteiger partial charge is 0.354 e. The Balaban J connectivity index is 1.64. The molecular formula is C33H43N9O6. The van der Waals surface area contributed by atoms with Crippen LogP contribution < -0.4 is 26.8 Å². The van der Waals surface area contributed by atoms with Crippen LogP contribution in [0.3, 0.4) is 0 Å². The average molecular weight is 662 g/mol. The number of aromatic nitrogens is 4. The SMILES string of the molecule is CC(C)C[C@H]1NC(=O)[C@@H](C)NC(=O)CN(C(=O)c2ccc(=O)n(C)c2)CCCNC(=O)Cn2nc(-c3ccccc3)nc2[C@H](C)NC1=O. The third-order valence-corrected chi connectivity index (χ3v) is 7.76. The summed E-state index contributed by atoms with van der Waals surface area (Å²) < 4.78 is 2.70. The molecule has 48 heavy (non-hydrogen) atoms. The number of hydrogen-bond acceptors (Lipinski definition) is 8. The predicted octanol–water partition coefficient (Wildman–Crippen LogP) is 0.519. The molecule has 0 aliphatic carbocycles. The lowest BCUT2D eigenvalue weighted by atomic mass is 10.0. The summed E-state index contributed by atoms with van der Waals surface area (Å²) in [6.07, 6.45) is 2.00. The minimum atomic E-state index is -1.02. The second kappa shape index (κ2) is 16.0. The number of nitrogens with one attached hydrogen (secondary N) is 4. The zero-order valence-corrected chi connectivity index (χ0v) is 27.9. The highest BCUT2D eigenvalue weighted by Gasteiger charge is 2.29. The van der Waals surface area contributed by atoms with E-state index in [1.807, 2.05) is 44.2 Å². The summed E-state index contributed by atoms with van der Waals surface area (Å²) in [5.74, 6) is -1.74. The van der Waals surface area contributed by atoms with E-state index < -0.39 is 41.8 Å². The fraction of sp³-hybridized carbons (Fsp3) is 0.455. The quantitative estimate of drug-likeness (QED) is 0.311. The van der Waals surface area contributed by atoms with Crippen LogP contribution in [0.4, 0.5) is 0 Å². The van der Waals surface area contributed by atoms with Crippen LogP contribution in [0, 0.1) is 5.92 Å². The Morgan fingerprint density at radius 1 is 0.896 bits per heavy atom. The molecule has 4 N–H and O–H groups in total. The first-order chi connectivity index (χ1) is 22.8. The van der Waals surface area contributed by atoms with E-state index in [2.05, 4.69) is 31.3 Å². The Hall–Kier alpha value is -5.34. The molecule has 1 aromatic carbocycles. The van der Waals surface area contributed by atoms with E-state index in [9.17, 15) is 28.8 Å². The molecule has 5 amide bonds. The average Bonchev–Trinajstić information content (AvgIpc) is 3.46. The van der Waals surface area contributed by atoms with Gasteiger partial charge in [-0.1, -0.05) is 44.2 Å². The van der Waals surface area contributed by atoms with Crippen LogP contribution in [0.2, 0.25) is 0 Å². The van der Waals surface area contributed by atoms with Gasteiger partial charge in [-0.05, 0) is 38.7 Å². The number of aryl methyl sites for hydroxylation is 1. The minimum Gasteiger partial charge on any atom is -0.354 e. The summed E-state index contributed by atoms with van der Waals surface area (Å²) in [5.41, 5.74) is 0.630. The predicted molar refractivity (Wildman–Crippen MR) is 176 cm³/mol. The second-order valence-electron chi connectivity index (χ2n) is 12.3. The molecule has 0 saturated carbocycles. The van der Waals surface area contributed by atoms with Crippen LogP contribution in [0.15, 0.2) is 53.5 Å². The first-order valence-electron chi connectivity index (χ1n) is 15.9. The summed E-state index contributed by atoms with van der Waals surface area (Å²) in [7, 11) is 1.51. The van der Waals surface area contributed by atoms with Gasteiger partial charge in [0.1, 0.15) is 24.5 Å². The maximum atomic E-state index is 13.5. The number of nitrogens with zero attached hydrogens (tertiary/aromatic N) is 5. The molecule has 1 aliphatic heterocycles. The summed E-state index contributed by atoms with van der Waals surface area (Å²) in [6.45, 7) is 6.74. The molecule has 0 saturated heterocycles. The van der Waals surface area contributed by atoms with Crippen molar-refractivity contribution in [3.8, 4) is 11.4 Å². The molecule has 15 nitrogen and oxygen atoms in total. The van der Waals surface area contributed by atoms with Gasteiger partial charge in [0.2, 0.25) is 29.2 Å². The number of hydrogen-bond donors (Lipinski definition) is 4. The fourth-order valence-corrected chi connectivity index (χ4v) is 5.25. The van der Waals surface area contributed by atoms with Gasteiger partial charge in [0, 0.05) is 38.0 Å². The highest BCUT2D eigenvalue weighted by molar-refractivity contribution is 5.97. The van der Waals surface area contributed by atoms with Crippen molar-refractivity contribution in [1.29, 1.82) is 0 Å². The summed E-state index contributed by atoms with van der Waals surface area (Å²) in [4.78, 5) is 84.2. The van der Waals surface area contributed by atoms with Gasteiger partial charge < -0.3 is 30.7 Å². The van der Waals surface area contributed by atoms with Crippen molar-refractivity contribution in [1.82, 2.24) is 45.5 Å². The van der Waals surface area contributed by atoms with E-state index in [0.717, 1.165) is 5.56 Å². The van der Waals surface area contributed by atoms with Gasteiger partial charge in [0.05, 0.1) is 18.2 Å². The molecule has 256 valence electrons. The molecule has 0 spiro atoms. The van der Waals surface area contributed by atoms with Crippen molar-refractivity contribution < 1.29 is 24.0 Å². The number of fused-ring (bicyclic) bond motifs is 1. The molecule has 0 unspecified atom stereocenters. The van der Waals surface area contributed by atoms with Crippen LogP contribution in [0.1, 0.15) is 62.8 Å². The van der Waals surface area contributed by atoms with Gasteiger partial charge in [-0.3, -0.25) is 28.8 Å². The minimum absolute atomic E-state index is 0.0388. The van der Waals surface area contributed by atoms with Crippen molar-refractivity contribution in [3.63, 3.8) is 0 Å². The summed E-state index contributed by atoms with van der Waals surface area (Å²) >= 11 is 0. The Morgan fingerprint density at radius 2 is 1.62 bits per heavy atom. The van der Waals surface area contributed by atoms with E-state index in [-0.39, 0.29) is 49.1 Å². The maximum absolute atomic E-state index is 13.5. The molecule has 3 aromatic rings. The van der Waals surface area contributed by atoms with Crippen molar-refractivity contribution >= 4 is 29.5 Å². The molecule has 3 atom stereocenters. The van der Waals surface area contributed by atoms with E-state index in [1.165, 1.54) is 46.4 Å². The monoisotopic (exact) mass is 661 g/mol. The highest BCUT2D eigenvalue weighted by atomic mass is 16.2. The van der Waals surface area contributed by atoms with Crippen molar-refractivity contribution in [2.45, 2.75) is 65.2 Å². The maximum Gasteiger partial charge on any atom is 0.255 e. The molecule has 0 radical (unpaired) electrons. The molecule has 2 aromatic heterocycles. The van der Waals surface area contributed by atoms with Crippen molar-refractivity contribution in [2.24, 2.45) is 13.0 Å². The summed E-state index contributed by atoms with van der Waals surface area (Å²) in [6, 6.07) is 9.24. The van der Waals surface area contributed by atoms with Crippen LogP contribution in [-0.2, 0) is 32.8 Å². The van der Waals surface area contributed by atoms with Gasteiger partial charge in [-0.25, -0.2) is 9.67 Å². The van der Waals surface area contributed by atoms with Gasteiger partial charge in [0.15, 0.2) is 5.82 Å². The van der Waals surface area contributed by atoms with Crippen LogP contribution in [-0.4, -0.2) is 85.5 Å². The molecule has 3 heterocycles. The normalized spacial score (nSPS) is 20.4. The number of pyridine rings is 1. The highest BCUT2D eigenvalue weighted by Crippen LogP contribution is 2.19. The van der Waals surface area contributed by atoms with Crippen molar-refractivity contribution in [3.05, 3.63) is 70.4 Å². The Bertz CT molecular complexity index is 1700.